The number of thiocarbonyl (C=S) groups is 1. The summed E-state index contributed by atoms with van der Waals surface area (Å²) >= 11 is 5.02. The number of methoxy groups -OCH3 is 1. The summed E-state index contributed by atoms with van der Waals surface area (Å²) in [6.45, 7) is 0. The van der Waals surface area contributed by atoms with Gasteiger partial charge in [0.1, 0.15) is 4.99 Å². The van der Waals surface area contributed by atoms with Gasteiger partial charge in [0, 0.05) is 24.9 Å². The molecule has 1 heterocycles. The Balaban J connectivity index is 2.06. The van der Waals surface area contributed by atoms with Crippen molar-refractivity contribution in [3.8, 4) is 0 Å². The van der Waals surface area contributed by atoms with Gasteiger partial charge in [-0.2, -0.15) is 0 Å². The zero-order valence-corrected chi connectivity index (χ0v) is 10.7. The number of ether oxygens (including phenoxy) is 1. The number of pyridine rings is 1. The molecular weight excluding hydrogens is 234 g/mol. The molecule has 0 saturated heterocycles. The molecule has 0 aliphatic heterocycles. The van der Waals surface area contributed by atoms with Gasteiger partial charge < -0.3 is 15.8 Å². The molecule has 1 aliphatic carbocycles. The van der Waals surface area contributed by atoms with Crippen molar-refractivity contribution in [2.75, 3.05) is 12.4 Å². The molecule has 2 atom stereocenters. The Bertz CT molecular complexity index is 410. The molecule has 0 aromatic carbocycles. The first-order valence-electron chi connectivity index (χ1n) is 5.74. The highest BCUT2D eigenvalue weighted by Gasteiger charge is 2.24. The Morgan fingerprint density at radius 2 is 2.41 bits per heavy atom. The number of aromatic nitrogens is 1. The number of anilines is 1. The standard InChI is InChI=1S/C12H17N3OS/c1-16-9-3-2-8(6-9)15-11-7-14-5-4-10(11)12(13)17/h4-5,7-9,15H,2-3,6H2,1H3,(H2,13,17). The summed E-state index contributed by atoms with van der Waals surface area (Å²) in [4.78, 5) is 4.50. The van der Waals surface area contributed by atoms with E-state index in [1.54, 1.807) is 19.5 Å². The van der Waals surface area contributed by atoms with E-state index >= 15 is 0 Å². The van der Waals surface area contributed by atoms with Gasteiger partial charge in [-0.15, -0.1) is 0 Å². The summed E-state index contributed by atoms with van der Waals surface area (Å²) in [6.07, 6.45) is 7.04. The van der Waals surface area contributed by atoms with Gasteiger partial charge in [0.05, 0.1) is 18.0 Å². The van der Waals surface area contributed by atoms with Crippen molar-refractivity contribution in [3.05, 3.63) is 24.0 Å². The second kappa shape index (κ2) is 5.42. The molecule has 1 saturated carbocycles. The largest absolute Gasteiger partial charge is 0.389 e. The van der Waals surface area contributed by atoms with Crippen molar-refractivity contribution in [3.63, 3.8) is 0 Å². The summed E-state index contributed by atoms with van der Waals surface area (Å²) < 4.78 is 5.35. The topological polar surface area (TPSA) is 60.2 Å². The lowest BCUT2D eigenvalue weighted by Gasteiger charge is -2.16. The lowest BCUT2D eigenvalue weighted by Crippen LogP contribution is -2.20. The van der Waals surface area contributed by atoms with Crippen LogP contribution in [0.5, 0.6) is 0 Å². The molecular formula is C12H17N3OS. The second-order valence-electron chi connectivity index (χ2n) is 4.30. The molecule has 2 rings (SSSR count). The minimum Gasteiger partial charge on any atom is -0.389 e. The molecule has 1 fully saturated rings. The predicted octanol–water partition coefficient (Wildman–Crippen LogP) is 1.70. The molecule has 0 bridgehead atoms. The molecule has 92 valence electrons. The Morgan fingerprint density at radius 1 is 1.59 bits per heavy atom. The summed E-state index contributed by atoms with van der Waals surface area (Å²) in [5.41, 5.74) is 7.46. The van der Waals surface area contributed by atoms with Crippen LogP contribution < -0.4 is 11.1 Å². The zero-order valence-electron chi connectivity index (χ0n) is 9.85. The van der Waals surface area contributed by atoms with Gasteiger partial charge in [0.15, 0.2) is 0 Å². The van der Waals surface area contributed by atoms with Gasteiger partial charge in [0.25, 0.3) is 0 Å². The molecule has 0 amide bonds. The second-order valence-corrected chi connectivity index (χ2v) is 4.74. The number of hydrogen-bond donors (Lipinski definition) is 2. The van der Waals surface area contributed by atoms with Crippen LogP contribution in [0.3, 0.4) is 0 Å². The fourth-order valence-corrected chi connectivity index (χ4v) is 2.41. The van der Waals surface area contributed by atoms with E-state index in [2.05, 4.69) is 10.3 Å². The Labute approximate surface area is 107 Å². The van der Waals surface area contributed by atoms with Crippen LogP contribution in [0.4, 0.5) is 5.69 Å². The molecule has 17 heavy (non-hydrogen) atoms. The van der Waals surface area contributed by atoms with Crippen molar-refractivity contribution >= 4 is 22.9 Å². The smallest absolute Gasteiger partial charge is 0.106 e. The maximum Gasteiger partial charge on any atom is 0.106 e. The summed E-state index contributed by atoms with van der Waals surface area (Å²) in [5, 5.41) is 3.45. The number of nitrogens with one attached hydrogen (secondary N) is 1. The van der Waals surface area contributed by atoms with Gasteiger partial charge in [-0.05, 0) is 25.3 Å². The highest BCUT2D eigenvalue weighted by Crippen LogP contribution is 2.25. The summed E-state index contributed by atoms with van der Waals surface area (Å²) in [6, 6.07) is 2.25. The van der Waals surface area contributed by atoms with Gasteiger partial charge in [-0.25, -0.2) is 0 Å². The average molecular weight is 251 g/mol. The van der Waals surface area contributed by atoms with Crippen LogP contribution >= 0.6 is 12.2 Å². The fraction of sp³-hybridized carbons (Fsp3) is 0.500. The van der Waals surface area contributed by atoms with E-state index in [-0.39, 0.29) is 0 Å². The lowest BCUT2D eigenvalue weighted by atomic mass is 10.2. The molecule has 1 aromatic heterocycles. The third-order valence-corrected chi connectivity index (χ3v) is 3.38. The lowest BCUT2D eigenvalue weighted by molar-refractivity contribution is 0.108. The van der Waals surface area contributed by atoms with E-state index in [1.165, 1.54) is 0 Å². The van der Waals surface area contributed by atoms with E-state index in [0.29, 0.717) is 17.1 Å². The predicted molar refractivity (Wildman–Crippen MR) is 72.2 cm³/mol. The third-order valence-electron chi connectivity index (χ3n) is 3.16. The van der Waals surface area contributed by atoms with Crippen molar-refractivity contribution in [2.45, 2.75) is 31.4 Å². The van der Waals surface area contributed by atoms with Gasteiger partial charge >= 0.3 is 0 Å². The number of nitrogens with two attached hydrogens (primary N) is 1. The van der Waals surface area contributed by atoms with Crippen LogP contribution in [0, 0.1) is 0 Å². The summed E-state index contributed by atoms with van der Waals surface area (Å²) in [5.74, 6) is 0. The van der Waals surface area contributed by atoms with Crippen molar-refractivity contribution in [1.82, 2.24) is 4.98 Å². The Kier molecular flexibility index (Phi) is 3.91. The van der Waals surface area contributed by atoms with Gasteiger partial charge in [-0.3, -0.25) is 4.98 Å². The molecule has 0 radical (unpaired) electrons. The molecule has 3 N–H and O–H groups in total. The first-order chi connectivity index (χ1) is 8.20. The van der Waals surface area contributed by atoms with Gasteiger partial charge in [0.2, 0.25) is 0 Å². The monoisotopic (exact) mass is 251 g/mol. The van der Waals surface area contributed by atoms with Crippen LogP contribution in [-0.2, 0) is 4.74 Å². The third kappa shape index (κ3) is 2.92. The van der Waals surface area contributed by atoms with Gasteiger partial charge in [-0.1, -0.05) is 12.2 Å². The molecule has 5 heteroatoms. The van der Waals surface area contributed by atoms with Crippen LogP contribution in [-0.4, -0.2) is 29.2 Å². The Morgan fingerprint density at radius 3 is 3.06 bits per heavy atom. The van der Waals surface area contributed by atoms with Crippen molar-refractivity contribution in [1.29, 1.82) is 0 Å². The molecule has 1 aromatic rings. The SMILES string of the molecule is COC1CCC(Nc2cnccc2C(N)=S)C1. The van der Waals surface area contributed by atoms with E-state index < -0.39 is 0 Å². The average Bonchev–Trinajstić information content (AvgIpc) is 2.77. The van der Waals surface area contributed by atoms with E-state index in [0.717, 1.165) is 30.5 Å². The molecule has 4 nitrogen and oxygen atoms in total. The van der Waals surface area contributed by atoms with Crippen LogP contribution in [0.15, 0.2) is 18.5 Å². The van der Waals surface area contributed by atoms with Crippen molar-refractivity contribution in [2.24, 2.45) is 5.73 Å². The van der Waals surface area contributed by atoms with Crippen molar-refractivity contribution < 1.29 is 4.74 Å². The first kappa shape index (κ1) is 12.3. The maximum atomic E-state index is 5.68. The van der Waals surface area contributed by atoms with Crippen LogP contribution in [0.25, 0.3) is 0 Å². The number of hydrogen-bond acceptors (Lipinski definition) is 4. The minimum atomic E-state index is 0.359. The van der Waals surface area contributed by atoms with E-state index in [1.807, 2.05) is 6.07 Å². The van der Waals surface area contributed by atoms with Crippen LogP contribution in [0.1, 0.15) is 24.8 Å². The fourth-order valence-electron chi connectivity index (χ4n) is 2.23. The quantitative estimate of drug-likeness (QED) is 0.798. The molecule has 2 unspecified atom stereocenters. The minimum absolute atomic E-state index is 0.359. The number of rotatable bonds is 4. The first-order valence-corrected chi connectivity index (χ1v) is 6.14. The highest BCUT2D eigenvalue weighted by atomic mass is 32.1. The highest BCUT2D eigenvalue weighted by molar-refractivity contribution is 7.80. The van der Waals surface area contributed by atoms with E-state index in [4.69, 9.17) is 22.7 Å². The van der Waals surface area contributed by atoms with Crippen LogP contribution in [0.2, 0.25) is 0 Å². The Hall–Kier alpha value is -1.20. The normalized spacial score (nSPS) is 23.6. The van der Waals surface area contributed by atoms with E-state index in [9.17, 15) is 0 Å². The summed E-state index contributed by atoms with van der Waals surface area (Å²) in [7, 11) is 1.76. The molecule has 1 aliphatic rings. The number of nitrogens with zero attached hydrogens (tertiary/aromatic N) is 1. The molecule has 0 spiro atoms. The zero-order chi connectivity index (χ0) is 12.3. The maximum absolute atomic E-state index is 5.68.